The van der Waals surface area contributed by atoms with Crippen LogP contribution in [-0.2, 0) is 9.59 Å². The quantitative estimate of drug-likeness (QED) is 0.786. The number of carboxylic acids is 1. The van der Waals surface area contributed by atoms with E-state index >= 15 is 0 Å². The molecule has 0 radical (unpaired) electrons. The van der Waals surface area contributed by atoms with Crippen molar-refractivity contribution in [1.29, 1.82) is 0 Å². The van der Waals surface area contributed by atoms with Crippen molar-refractivity contribution in [1.82, 2.24) is 10.2 Å². The third kappa shape index (κ3) is 4.27. The number of nitrogens with one attached hydrogen (secondary N) is 1. The Morgan fingerprint density at radius 1 is 1.38 bits per heavy atom. The number of amides is 2. The van der Waals surface area contributed by atoms with Crippen molar-refractivity contribution in [2.24, 2.45) is 5.41 Å². The van der Waals surface area contributed by atoms with Gasteiger partial charge in [0.1, 0.15) is 11.8 Å². The molecule has 0 spiro atoms. The zero-order valence-corrected chi connectivity index (χ0v) is 15.8. The fourth-order valence-electron chi connectivity index (χ4n) is 2.79. The van der Waals surface area contributed by atoms with Crippen LogP contribution in [0.5, 0.6) is 5.75 Å². The van der Waals surface area contributed by atoms with Crippen LogP contribution in [0.2, 0.25) is 5.02 Å². The molecule has 1 unspecified atom stereocenters. The summed E-state index contributed by atoms with van der Waals surface area (Å²) in [4.78, 5) is 38.1. The lowest BCUT2D eigenvalue weighted by atomic mass is 9.94. The summed E-state index contributed by atoms with van der Waals surface area (Å²) in [5.74, 6) is -1.30. The molecule has 2 rings (SSSR count). The van der Waals surface area contributed by atoms with Crippen LogP contribution >= 0.6 is 11.6 Å². The van der Waals surface area contributed by atoms with Gasteiger partial charge in [0.05, 0.1) is 18.1 Å². The molecule has 0 bridgehead atoms. The minimum absolute atomic E-state index is 0.0137. The van der Waals surface area contributed by atoms with Crippen molar-refractivity contribution >= 4 is 29.4 Å². The van der Waals surface area contributed by atoms with Crippen molar-refractivity contribution in [2.45, 2.75) is 32.7 Å². The van der Waals surface area contributed by atoms with Gasteiger partial charge < -0.3 is 20.1 Å². The normalized spacial score (nSPS) is 17.1. The highest BCUT2D eigenvalue weighted by Gasteiger charge is 2.37. The molecule has 1 saturated heterocycles. The summed E-state index contributed by atoms with van der Waals surface area (Å²) in [5.41, 5.74) is -0.787. The Labute approximate surface area is 157 Å². The van der Waals surface area contributed by atoms with Crippen molar-refractivity contribution in [3.8, 4) is 5.75 Å². The zero-order chi connectivity index (χ0) is 19.5. The molecule has 1 aliphatic rings. The summed E-state index contributed by atoms with van der Waals surface area (Å²) in [6.45, 7) is 3.49. The molecule has 142 valence electrons. The van der Waals surface area contributed by atoms with Crippen LogP contribution in [0.4, 0.5) is 0 Å². The molecule has 1 atom stereocenters. The number of ether oxygens (including phenoxy) is 1. The van der Waals surface area contributed by atoms with Gasteiger partial charge in [-0.05, 0) is 44.9 Å². The van der Waals surface area contributed by atoms with E-state index in [1.165, 1.54) is 31.9 Å². The molecule has 2 amide bonds. The van der Waals surface area contributed by atoms with Gasteiger partial charge in [0, 0.05) is 18.1 Å². The maximum absolute atomic E-state index is 12.9. The number of benzene rings is 1. The first-order chi connectivity index (χ1) is 12.2. The molecule has 0 saturated carbocycles. The van der Waals surface area contributed by atoms with Crippen LogP contribution in [0.3, 0.4) is 0 Å². The monoisotopic (exact) mass is 382 g/mol. The number of rotatable bonds is 6. The van der Waals surface area contributed by atoms with Gasteiger partial charge in [-0.15, -0.1) is 0 Å². The van der Waals surface area contributed by atoms with Crippen LogP contribution in [0.25, 0.3) is 0 Å². The minimum atomic E-state index is -1.08. The largest absolute Gasteiger partial charge is 0.496 e. The van der Waals surface area contributed by atoms with E-state index in [-0.39, 0.29) is 18.4 Å². The van der Waals surface area contributed by atoms with Gasteiger partial charge in [-0.3, -0.25) is 14.4 Å². The lowest BCUT2D eigenvalue weighted by molar-refractivity contribution is -0.146. The first-order valence-electron chi connectivity index (χ1n) is 8.33. The number of nitrogens with zero attached hydrogens (tertiary/aromatic N) is 1. The van der Waals surface area contributed by atoms with Gasteiger partial charge in [0.25, 0.3) is 5.91 Å². The highest BCUT2D eigenvalue weighted by Crippen LogP contribution is 2.28. The molecular formula is C18H23ClN2O5. The van der Waals surface area contributed by atoms with Gasteiger partial charge in [0.15, 0.2) is 0 Å². The van der Waals surface area contributed by atoms with Crippen molar-refractivity contribution in [3.63, 3.8) is 0 Å². The first-order valence-corrected chi connectivity index (χ1v) is 8.71. The molecular weight excluding hydrogens is 360 g/mol. The number of hydrogen-bond acceptors (Lipinski definition) is 4. The van der Waals surface area contributed by atoms with Gasteiger partial charge in [-0.2, -0.15) is 0 Å². The predicted octanol–water partition coefficient (Wildman–Crippen LogP) is 2.18. The highest BCUT2D eigenvalue weighted by molar-refractivity contribution is 6.31. The van der Waals surface area contributed by atoms with Gasteiger partial charge in [-0.1, -0.05) is 11.6 Å². The summed E-state index contributed by atoms with van der Waals surface area (Å²) < 4.78 is 5.22. The van der Waals surface area contributed by atoms with Crippen LogP contribution in [0, 0.1) is 5.41 Å². The molecule has 26 heavy (non-hydrogen) atoms. The number of likely N-dealkylation sites (tertiary alicyclic amines) is 1. The van der Waals surface area contributed by atoms with Gasteiger partial charge in [-0.25, -0.2) is 0 Å². The maximum atomic E-state index is 12.9. The first kappa shape index (κ1) is 20.0. The predicted molar refractivity (Wildman–Crippen MR) is 96.5 cm³/mol. The van der Waals surface area contributed by atoms with E-state index in [0.29, 0.717) is 35.7 Å². The molecule has 1 heterocycles. The molecule has 8 heteroatoms. The molecule has 2 N–H and O–H groups in total. The molecule has 0 aromatic heterocycles. The summed E-state index contributed by atoms with van der Waals surface area (Å²) in [7, 11) is 1.46. The maximum Gasteiger partial charge on any atom is 0.310 e. The fraction of sp³-hybridized carbons (Fsp3) is 0.500. The van der Waals surface area contributed by atoms with E-state index in [4.69, 9.17) is 21.4 Å². The fourth-order valence-corrected chi connectivity index (χ4v) is 2.96. The Hall–Kier alpha value is -2.28. The van der Waals surface area contributed by atoms with Gasteiger partial charge >= 0.3 is 5.97 Å². The van der Waals surface area contributed by atoms with E-state index in [1.807, 2.05) is 0 Å². The van der Waals surface area contributed by atoms with Crippen LogP contribution in [0.15, 0.2) is 18.2 Å². The highest BCUT2D eigenvalue weighted by atomic mass is 35.5. The van der Waals surface area contributed by atoms with E-state index in [9.17, 15) is 14.4 Å². The Morgan fingerprint density at radius 2 is 2.08 bits per heavy atom. The van der Waals surface area contributed by atoms with E-state index in [1.54, 1.807) is 12.1 Å². The van der Waals surface area contributed by atoms with E-state index in [2.05, 4.69) is 5.32 Å². The summed E-state index contributed by atoms with van der Waals surface area (Å²) in [5, 5.41) is 12.2. The lowest BCUT2D eigenvalue weighted by Crippen LogP contribution is -2.49. The van der Waals surface area contributed by atoms with E-state index < -0.39 is 17.4 Å². The third-order valence-corrected chi connectivity index (χ3v) is 4.73. The molecule has 7 nitrogen and oxygen atoms in total. The molecule has 1 aliphatic heterocycles. The Morgan fingerprint density at radius 3 is 2.69 bits per heavy atom. The number of carbonyl (C=O) groups excluding carboxylic acids is 2. The smallest absolute Gasteiger partial charge is 0.310 e. The Bertz CT molecular complexity index is 720. The van der Waals surface area contributed by atoms with Crippen LogP contribution < -0.4 is 10.1 Å². The second kappa shape index (κ2) is 7.95. The van der Waals surface area contributed by atoms with Crippen molar-refractivity contribution < 1.29 is 24.2 Å². The molecule has 0 aliphatic carbocycles. The number of carboxylic acid groups (broad SMARTS) is 1. The average molecular weight is 383 g/mol. The number of aliphatic carboxylic acids is 1. The van der Waals surface area contributed by atoms with E-state index in [0.717, 1.165) is 0 Å². The number of carbonyl (C=O) groups is 3. The Kier molecular flexibility index (Phi) is 6.13. The topological polar surface area (TPSA) is 95.9 Å². The average Bonchev–Trinajstić information content (AvgIpc) is 3.08. The summed E-state index contributed by atoms with van der Waals surface area (Å²) in [6, 6.07) is 4.11. The van der Waals surface area contributed by atoms with Crippen molar-refractivity contribution in [2.75, 3.05) is 20.2 Å². The summed E-state index contributed by atoms with van der Waals surface area (Å²) in [6.07, 6.45) is 1.21. The second-order valence-corrected chi connectivity index (χ2v) is 7.34. The molecule has 1 fully saturated rings. The standard InChI is InChI=1S/C18H23ClN2O5/c1-18(2,17(24)25)10-20-15(22)13-5-4-8-21(13)16(23)12-9-11(19)6-7-14(12)26-3/h6-7,9,13H,4-5,8,10H2,1-3H3,(H,20,22)(H,24,25). The number of halogens is 1. The second-order valence-electron chi connectivity index (χ2n) is 6.91. The molecule has 1 aromatic rings. The molecule has 1 aromatic carbocycles. The van der Waals surface area contributed by atoms with Crippen LogP contribution in [0.1, 0.15) is 37.0 Å². The number of hydrogen-bond donors (Lipinski definition) is 2. The SMILES string of the molecule is COc1ccc(Cl)cc1C(=O)N1CCCC1C(=O)NCC(C)(C)C(=O)O. The van der Waals surface area contributed by atoms with Gasteiger partial charge in [0.2, 0.25) is 5.91 Å². The Balaban J connectivity index is 2.14. The lowest BCUT2D eigenvalue weighted by Gasteiger charge is -2.26. The number of methoxy groups -OCH3 is 1. The minimum Gasteiger partial charge on any atom is -0.496 e. The zero-order valence-electron chi connectivity index (χ0n) is 15.0. The third-order valence-electron chi connectivity index (χ3n) is 4.49. The van der Waals surface area contributed by atoms with Crippen LogP contribution in [-0.4, -0.2) is 54.0 Å². The van der Waals surface area contributed by atoms with Crippen molar-refractivity contribution in [3.05, 3.63) is 28.8 Å². The summed E-state index contributed by atoms with van der Waals surface area (Å²) >= 11 is 5.99.